The molecule has 1 aromatic heterocycles. The third kappa shape index (κ3) is 4.41. The van der Waals surface area contributed by atoms with Crippen molar-refractivity contribution in [1.29, 1.82) is 0 Å². The molecule has 0 saturated carbocycles. The fraction of sp³-hybridized carbons (Fsp3) is 0. The van der Waals surface area contributed by atoms with Crippen LogP contribution in [0.3, 0.4) is 0 Å². The van der Waals surface area contributed by atoms with E-state index in [1.165, 1.54) is 37.7 Å². The molecule has 3 heteroatoms. The van der Waals surface area contributed by atoms with Crippen molar-refractivity contribution in [2.24, 2.45) is 0 Å². The van der Waals surface area contributed by atoms with Crippen molar-refractivity contribution in [3.05, 3.63) is 164 Å². The molecule has 0 aliphatic rings. The molecule has 0 amide bonds. The SMILES string of the molecule is c1ccc(-c2nc(-c3ccc4c(ccc5c6ccccc6ccc45)c3)nc(-c3ccc4ccccc4c3-c3ccccc3)n2)cc1. The lowest BCUT2D eigenvalue weighted by Crippen LogP contribution is -2.01. The van der Waals surface area contributed by atoms with Gasteiger partial charge in [-0.1, -0.05) is 152 Å². The molecule has 0 unspecified atom stereocenters. The van der Waals surface area contributed by atoms with Crippen LogP contribution in [0.1, 0.15) is 0 Å². The summed E-state index contributed by atoms with van der Waals surface area (Å²) in [5.41, 5.74) is 5.13. The van der Waals surface area contributed by atoms with E-state index in [2.05, 4.69) is 140 Å². The standard InChI is InChI=1S/C43H27N3/c1-3-13-30(14-4-1)40-36-18-10-8-12-29(36)20-26-39(40)43-45-41(31-15-5-2-6-16-31)44-42(46-43)33-22-23-35-32(27-33)21-25-37-34-17-9-7-11-28(34)19-24-38(35)37/h1-27H. The lowest BCUT2D eigenvalue weighted by atomic mass is 9.93. The third-order valence-corrected chi connectivity index (χ3v) is 8.90. The van der Waals surface area contributed by atoms with Crippen LogP contribution in [0.4, 0.5) is 0 Å². The van der Waals surface area contributed by atoms with Gasteiger partial charge in [-0.05, 0) is 60.8 Å². The molecular weight excluding hydrogens is 558 g/mol. The Bertz CT molecular complexity index is 2570. The summed E-state index contributed by atoms with van der Waals surface area (Å²) >= 11 is 0. The van der Waals surface area contributed by atoms with Crippen molar-refractivity contribution in [3.63, 3.8) is 0 Å². The Labute approximate surface area is 266 Å². The summed E-state index contributed by atoms with van der Waals surface area (Å²) in [7, 11) is 0. The normalized spacial score (nSPS) is 11.5. The van der Waals surface area contributed by atoms with Crippen molar-refractivity contribution in [3.8, 4) is 45.3 Å². The smallest absolute Gasteiger partial charge is 0.164 e. The molecule has 0 aliphatic carbocycles. The van der Waals surface area contributed by atoms with Crippen LogP contribution in [0.15, 0.2) is 164 Å². The Balaban J connectivity index is 1.27. The maximum absolute atomic E-state index is 5.18. The number of fused-ring (bicyclic) bond motifs is 6. The molecule has 0 fully saturated rings. The number of hydrogen-bond acceptors (Lipinski definition) is 3. The second-order valence-corrected chi connectivity index (χ2v) is 11.6. The van der Waals surface area contributed by atoms with E-state index in [1.54, 1.807) is 0 Å². The number of benzene rings is 8. The number of hydrogen-bond donors (Lipinski definition) is 0. The highest BCUT2D eigenvalue weighted by atomic mass is 15.0. The third-order valence-electron chi connectivity index (χ3n) is 8.90. The first kappa shape index (κ1) is 26.2. The quantitative estimate of drug-likeness (QED) is 0.193. The zero-order valence-electron chi connectivity index (χ0n) is 24.9. The van der Waals surface area contributed by atoms with E-state index >= 15 is 0 Å². The van der Waals surface area contributed by atoms with E-state index < -0.39 is 0 Å². The minimum absolute atomic E-state index is 0.650. The molecule has 0 aliphatic heterocycles. The van der Waals surface area contributed by atoms with Gasteiger partial charge in [-0.15, -0.1) is 0 Å². The summed E-state index contributed by atoms with van der Waals surface area (Å²) in [5.74, 6) is 1.95. The van der Waals surface area contributed by atoms with Crippen LogP contribution in [0.25, 0.3) is 88.4 Å². The van der Waals surface area contributed by atoms with Gasteiger partial charge in [0.15, 0.2) is 17.5 Å². The van der Waals surface area contributed by atoms with Gasteiger partial charge >= 0.3 is 0 Å². The molecule has 214 valence electrons. The van der Waals surface area contributed by atoms with Crippen LogP contribution < -0.4 is 0 Å². The van der Waals surface area contributed by atoms with E-state index in [0.717, 1.165) is 33.2 Å². The van der Waals surface area contributed by atoms with Gasteiger partial charge in [-0.3, -0.25) is 0 Å². The largest absolute Gasteiger partial charge is 0.208 e. The predicted molar refractivity (Wildman–Crippen MR) is 192 cm³/mol. The minimum Gasteiger partial charge on any atom is -0.208 e. The topological polar surface area (TPSA) is 38.7 Å². The highest BCUT2D eigenvalue weighted by Gasteiger charge is 2.18. The van der Waals surface area contributed by atoms with E-state index in [9.17, 15) is 0 Å². The second kappa shape index (κ2) is 10.8. The van der Waals surface area contributed by atoms with Crippen molar-refractivity contribution in [2.75, 3.05) is 0 Å². The molecule has 0 radical (unpaired) electrons. The Kier molecular flexibility index (Phi) is 6.14. The number of nitrogens with zero attached hydrogens (tertiary/aromatic N) is 3. The van der Waals surface area contributed by atoms with Crippen LogP contribution in [0.2, 0.25) is 0 Å². The number of aromatic nitrogens is 3. The van der Waals surface area contributed by atoms with Crippen LogP contribution in [-0.4, -0.2) is 15.0 Å². The molecule has 8 aromatic carbocycles. The van der Waals surface area contributed by atoms with Crippen molar-refractivity contribution in [2.45, 2.75) is 0 Å². The molecule has 3 nitrogen and oxygen atoms in total. The molecule has 0 N–H and O–H groups in total. The zero-order chi connectivity index (χ0) is 30.5. The average Bonchev–Trinajstić information content (AvgIpc) is 3.14. The molecule has 0 bridgehead atoms. The van der Waals surface area contributed by atoms with Gasteiger partial charge in [0.25, 0.3) is 0 Å². The van der Waals surface area contributed by atoms with Gasteiger partial charge in [0.05, 0.1) is 0 Å². The van der Waals surface area contributed by atoms with Gasteiger partial charge < -0.3 is 0 Å². The fourth-order valence-corrected chi connectivity index (χ4v) is 6.68. The van der Waals surface area contributed by atoms with Gasteiger partial charge in [0, 0.05) is 22.3 Å². The van der Waals surface area contributed by atoms with Crippen LogP contribution >= 0.6 is 0 Å². The van der Waals surface area contributed by atoms with Crippen molar-refractivity contribution in [1.82, 2.24) is 15.0 Å². The zero-order valence-corrected chi connectivity index (χ0v) is 24.9. The maximum Gasteiger partial charge on any atom is 0.164 e. The summed E-state index contributed by atoms with van der Waals surface area (Å²) in [6.07, 6.45) is 0. The highest BCUT2D eigenvalue weighted by Crippen LogP contribution is 2.38. The lowest BCUT2D eigenvalue weighted by Gasteiger charge is -2.15. The molecule has 1 heterocycles. The van der Waals surface area contributed by atoms with E-state index in [0.29, 0.717) is 17.5 Å². The summed E-state index contributed by atoms with van der Waals surface area (Å²) < 4.78 is 0. The summed E-state index contributed by atoms with van der Waals surface area (Å²) in [4.78, 5) is 15.3. The van der Waals surface area contributed by atoms with Crippen molar-refractivity contribution >= 4 is 43.1 Å². The Morgan fingerprint density at radius 2 is 0.783 bits per heavy atom. The van der Waals surface area contributed by atoms with Crippen molar-refractivity contribution < 1.29 is 0 Å². The summed E-state index contributed by atoms with van der Waals surface area (Å²) in [6, 6.07) is 57.5. The predicted octanol–water partition coefficient (Wildman–Crippen LogP) is 11.2. The Morgan fingerprint density at radius 1 is 0.283 bits per heavy atom. The second-order valence-electron chi connectivity index (χ2n) is 11.6. The van der Waals surface area contributed by atoms with Gasteiger partial charge in [0.2, 0.25) is 0 Å². The summed E-state index contributed by atoms with van der Waals surface area (Å²) in [6.45, 7) is 0. The van der Waals surface area contributed by atoms with Crippen LogP contribution in [-0.2, 0) is 0 Å². The lowest BCUT2D eigenvalue weighted by molar-refractivity contribution is 1.08. The average molecular weight is 586 g/mol. The Hall–Kier alpha value is -6.19. The molecule has 0 spiro atoms. The minimum atomic E-state index is 0.650. The number of rotatable bonds is 4. The molecule has 0 atom stereocenters. The van der Waals surface area contributed by atoms with Crippen LogP contribution in [0.5, 0.6) is 0 Å². The molecule has 9 rings (SSSR count). The van der Waals surface area contributed by atoms with Gasteiger partial charge in [-0.25, -0.2) is 15.0 Å². The molecule has 9 aromatic rings. The first-order chi connectivity index (χ1) is 22.8. The fourth-order valence-electron chi connectivity index (χ4n) is 6.68. The monoisotopic (exact) mass is 585 g/mol. The van der Waals surface area contributed by atoms with E-state index in [-0.39, 0.29) is 0 Å². The Morgan fingerprint density at radius 3 is 1.52 bits per heavy atom. The molecule has 0 saturated heterocycles. The molecular formula is C43H27N3. The van der Waals surface area contributed by atoms with Gasteiger partial charge in [-0.2, -0.15) is 0 Å². The first-order valence-electron chi connectivity index (χ1n) is 15.5. The van der Waals surface area contributed by atoms with Gasteiger partial charge in [0.1, 0.15) is 0 Å². The van der Waals surface area contributed by atoms with E-state index in [4.69, 9.17) is 15.0 Å². The first-order valence-corrected chi connectivity index (χ1v) is 15.5. The molecule has 46 heavy (non-hydrogen) atoms. The van der Waals surface area contributed by atoms with Crippen LogP contribution in [0, 0.1) is 0 Å². The highest BCUT2D eigenvalue weighted by molar-refractivity contribution is 6.17. The maximum atomic E-state index is 5.18. The van der Waals surface area contributed by atoms with E-state index in [1.807, 2.05) is 24.3 Å². The summed E-state index contributed by atoms with van der Waals surface area (Å²) in [5, 5.41) is 9.73.